The van der Waals surface area contributed by atoms with Gasteiger partial charge < -0.3 is 0 Å². The fourth-order valence-electron chi connectivity index (χ4n) is 5.75. The maximum absolute atomic E-state index is 3.40. The zero-order valence-electron chi connectivity index (χ0n) is 27.3. The lowest BCUT2D eigenvalue weighted by molar-refractivity contribution is 0.376. The van der Waals surface area contributed by atoms with E-state index in [9.17, 15) is 0 Å². The number of rotatable bonds is 6. The van der Waals surface area contributed by atoms with Crippen LogP contribution in [0.3, 0.4) is 0 Å². The lowest BCUT2D eigenvalue weighted by Crippen LogP contribution is -2.19. The Balaban J connectivity index is 1.83. The van der Waals surface area contributed by atoms with Crippen molar-refractivity contribution < 1.29 is 0 Å². The van der Waals surface area contributed by atoms with Gasteiger partial charge in [0, 0.05) is 24.7 Å². The van der Waals surface area contributed by atoms with Gasteiger partial charge in [-0.2, -0.15) is 0 Å². The van der Waals surface area contributed by atoms with Crippen LogP contribution in [-0.4, -0.2) is 0 Å². The summed E-state index contributed by atoms with van der Waals surface area (Å²) < 4.78 is 0. The van der Waals surface area contributed by atoms with Crippen molar-refractivity contribution in [3.05, 3.63) is 69.9 Å². The molecule has 0 amide bonds. The molecule has 0 heterocycles. The summed E-state index contributed by atoms with van der Waals surface area (Å²) in [5.41, 5.74) is 8.88. The Morgan fingerprint density at radius 3 is 2.05 bits per heavy atom. The standard InChI is InChI=1S/C40H54/c1-31(19-13-21-33(3)25-27-37-35(5)23-15-29-39(37,7)8)17-11-12-18-32(2)20-14-22-34(4)26-28-38-36(6)24-16-30-40(38,9)10/h17,21,25-28,32,34H,11,15-16,20,23-24,29-30H2,1-10H3/b27-25+,28-26+,31-17+,33-21-. The Bertz CT molecular complexity index is 1260. The van der Waals surface area contributed by atoms with Crippen LogP contribution in [-0.2, 0) is 0 Å². The maximum Gasteiger partial charge on any atom is 0.0357 e. The maximum atomic E-state index is 3.40. The predicted molar refractivity (Wildman–Crippen MR) is 177 cm³/mol. The van der Waals surface area contributed by atoms with Gasteiger partial charge >= 0.3 is 0 Å². The van der Waals surface area contributed by atoms with Gasteiger partial charge in [-0.25, -0.2) is 0 Å². The van der Waals surface area contributed by atoms with Crippen LogP contribution in [0.1, 0.15) is 121 Å². The highest BCUT2D eigenvalue weighted by Gasteiger charge is 2.27. The van der Waals surface area contributed by atoms with Crippen molar-refractivity contribution in [3.63, 3.8) is 0 Å². The minimum absolute atomic E-state index is 0.260. The van der Waals surface area contributed by atoms with E-state index in [1.54, 1.807) is 0 Å². The second-order valence-electron chi connectivity index (χ2n) is 13.3. The van der Waals surface area contributed by atoms with Gasteiger partial charge in [0.25, 0.3) is 0 Å². The molecule has 0 spiro atoms. The van der Waals surface area contributed by atoms with Gasteiger partial charge in [0.15, 0.2) is 0 Å². The Morgan fingerprint density at radius 2 is 1.45 bits per heavy atom. The van der Waals surface area contributed by atoms with E-state index in [1.165, 1.54) is 66.4 Å². The summed E-state index contributed by atoms with van der Waals surface area (Å²) in [6.07, 6.45) is 22.4. The smallest absolute Gasteiger partial charge is 0.0357 e. The molecule has 2 aliphatic carbocycles. The second kappa shape index (κ2) is 15.8. The molecule has 0 aromatic carbocycles. The van der Waals surface area contributed by atoms with Crippen LogP contribution in [0.2, 0.25) is 0 Å². The minimum atomic E-state index is 0.260. The van der Waals surface area contributed by atoms with E-state index in [2.05, 4.69) is 135 Å². The molecule has 214 valence electrons. The molecule has 2 aliphatic rings. The molecule has 2 rings (SSSR count). The molecule has 0 heteroatoms. The van der Waals surface area contributed by atoms with Crippen molar-refractivity contribution in [1.29, 1.82) is 0 Å². The number of hydrogen-bond acceptors (Lipinski definition) is 0. The molecule has 0 aliphatic heterocycles. The van der Waals surface area contributed by atoms with Crippen molar-refractivity contribution in [2.24, 2.45) is 22.7 Å². The van der Waals surface area contributed by atoms with Crippen molar-refractivity contribution in [3.8, 4) is 35.5 Å². The lowest BCUT2D eigenvalue weighted by Gasteiger charge is -2.33. The van der Waals surface area contributed by atoms with E-state index in [4.69, 9.17) is 0 Å². The molecular formula is C40H54. The third kappa shape index (κ3) is 11.3. The van der Waals surface area contributed by atoms with Crippen LogP contribution < -0.4 is 0 Å². The van der Waals surface area contributed by atoms with Gasteiger partial charge in [-0.1, -0.05) is 106 Å². The molecule has 0 aromatic heterocycles. The summed E-state index contributed by atoms with van der Waals surface area (Å²) in [5, 5.41) is 0. The fraction of sp³-hybridized carbons (Fsp3) is 0.550. The van der Waals surface area contributed by atoms with Crippen LogP contribution in [0, 0.1) is 58.2 Å². The minimum Gasteiger partial charge on any atom is -0.101 e. The summed E-state index contributed by atoms with van der Waals surface area (Å²) in [4.78, 5) is 0. The van der Waals surface area contributed by atoms with Gasteiger partial charge in [0.2, 0.25) is 0 Å². The molecule has 0 N–H and O–H groups in total. The summed E-state index contributed by atoms with van der Waals surface area (Å²) in [5.74, 6) is 20.4. The van der Waals surface area contributed by atoms with E-state index in [0.717, 1.165) is 18.4 Å². The zero-order valence-corrected chi connectivity index (χ0v) is 27.3. The van der Waals surface area contributed by atoms with Crippen LogP contribution in [0.25, 0.3) is 0 Å². The normalized spacial score (nSPS) is 20.9. The molecule has 0 saturated carbocycles. The third-order valence-corrected chi connectivity index (χ3v) is 8.32. The Hall–Kier alpha value is -2.88. The van der Waals surface area contributed by atoms with Crippen LogP contribution >= 0.6 is 0 Å². The first-order chi connectivity index (χ1) is 18.8. The van der Waals surface area contributed by atoms with E-state index in [-0.39, 0.29) is 22.7 Å². The summed E-state index contributed by atoms with van der Waals surface area (Å²) in [7, 11) is 0. The summed E-state index contributed by atoms with van der Waals surface area (Å²) in [6.45, 7) is 22.5. The van der Waals surface area contributed by atoms with Crippen molar-refractivity contribution >= 4 is 0 Å². The summed E-state index contributed by atoms with van der Waals surface area (Å²) in [6, 6.07) is 0. The third-order valence-electron chi connectivity index (χ3n) is 8.32. The molecule has 0 saturated heterocycles. The van der Waals surface area contributed by atoms with E-state index in [1.807, 2.05) is 6.08 Å². The zero-order chi connectivity index (χ0) is 29.8. The lowest BCUT2D eigenvalue weighted by atomic mass is 9.72. The van der Waals surface area contributed by atoms with Crippen molar-refractivity contribution in [2.75, 3.05) is 0 Å². The quantitative estimate of drug-likeness (QED) is 0.235. The highest BCUT2D eigenvalue weighted by atomic mass is 14.3. The first-order valence-corrected chi connectivity index (χ1v) is 15.4. The van der Waals surface area contributed by atoms with Gasteiger partial charge in [0.1, 0.15) is 0 Å². The average molecular weight is 535 g/mol. The topological polar surface area (TPSA) is 0 Å². The molecule has 0 fully saturated rings. The molecule has 2 atom stereocenters. The molecule has 0 nitrogen and oxygen atoms in total. The number of allylic oxidation sites excluding steroid dienone is 12. The van der Waals surface area contributed by atoms with E-state index < -0.39 is 0 Å². The largest absolute Gasteiger partial charge is 0.101 e. The van der Waals surface area contributed by atoms with Crippen LogP contribution in [0.4, 0.5) is 0 Å². The molecule has 40 heavy (non-hydrogen) atoms. The van der Waals surface area contributed by atoms with Gasteiger partial charge in [-0.15, -0.1) is 5.92 Å². The van der Waals surface area contributed by atoms with Crippen molar-refractivity contribution in [1.82, 2.24) is 0 Å². The van der Waals surface area contributed by atoms with E-state index in [0.29, 0.717) is 0 Å². The summed E-state index contributed by atoms with van der Waals surface area (Å²) >= 11 is 0. The monoisotopic (exact) mass is 534 g/mol. The average Bonchev–Trinajstić information content (AvgIpc) is 2.85. The highest BCUT2D eigenvalue weighted by molar-refractivity contribution is 5.39. The second-order valence-corrected chi connectivity index (χ2v) is 13.3. The molecule has 2 unspecified atom stereocenters. The van der Waals surface area contributed by atoms with Crippen LogP contribution in [0.5, 0.6) is 0 Å². The predicted octanol–water partition coefficient (Wildman–Crippen LogP) is 11.1. The first-order valence-electron chi connectivity index (χ1n) is 15.4. The number of hydrogen-bond donors (Lipinski definition) is 0. The van der Waals surface area contributed by atoms with Gasteiger partial charge in [-0.3, -0.25) is 0 Å². The van der Waals surface area contributed by atoms with E-state index >= 15 is 0 Å². The van der Waals surface area contributed by atoms with Crippen LogP contribution in [0.15, 0.2) is 69.9 Å². The molecule has 0 radical (unpaired) electrons. The highest BCUT2D eigenvalue weighted by Crippen LogP contribution is 2.41. The first kappa shape index (κ1) is 33.3. The van der Waals surface area contributed by atoms with Crippen molar-refractivity contribution in [2.45, 2.75) is 121 Å². The fourth-order valence-corrected chi connectivity index (χ4v) is 5.75. The van der Waals surface area contributed by atoms with Gasteiger partial charge in [-0.05, 0) is 112 Å². The molecule has 0 bridgehead atoms. The Labute approximate surface area is 248 Å². The SMILES string of the molecule is CC1=C(/C=C/C(C)=C\C#C/C(C)=C/CC#CC(C)CC#CC(C)/C=C/C2=C(C)CCCC2(C)C)C(C)(C)CCC1. The Kier molecular flexibility index (Phi) is 13.2. The molecule has 0 aromatic rings. The van der Waals surface area contributed by atoms with Gasteiger partial charge in [0.05, 0.1) is 0 Å². The molecular weight excluding hydrogens is 480 g/mol. The Morgan fingerprint density at radius 1 is 0.850 bits per heavy atom.